The fraction of sp³-hybridized carbons (Fsp3) is 0. The molecule has 1 aliphatic rings. The molecule has 0 atom stereocenters. The lowest BCUT2D eigenvalue weighted by Crippen LogP contribution is -2.07. The second kappa shape index (κ2) is 8.60. The maximum absolute atomic E-state index is 12.1. The summed E-state index contributed by atoms with van der Waals surface area (Å²) < 4.78 is 37.0. The summed E-state index contributed by atoms with van der Waals surface area (Å²) in [4.78, 5) is 11.7. The average molecular weight is 669 g/mol. The van der Waals surface area contributed by atoms with Crippen LogP contribution in [0.4, 0.5) is 0 Å². The minimum absolute atomic E-state index is 0.0323. The molecule has 0 amide bonds. The first kappa shape index (κ1) is 22.6. The SMILES string of the molecule is O=C1C(Br)=CC(=C(c2cc(Br)c(O)c(Br)c2)c2ccccc2S(=O)(=O)[O-])C=C1Br. The van der Waals surface area contributed by atoms with E-state index in [1.165, 1.54) is 18.2 Å². The van der Waals surface area contributed by atoms with E-state index in [2.05, 4.69) is 63.7 Å². The van der Waals surface area contributed by atoms with Crippen LogP contribution in [-0.2, 0) is 14.9 Å². The Balaban J connectivity index is 2.47. The molecule has 3 rings (SSSR count). The predicted octanol–water partition coefficient (Wildman–Crippen LogP) is 5.76. The monoisotopic (exact) mass is 665 g/mol. The summed E-state index contributed by atoms with van der Waals surface area (Å²) in [5.74, 6) is -0.305. The van der Waals surface area contributed by atoms with Gasteiger partial charge in [-0.2, -0.15) is 0 Å². The van der Waals surface area contributed by atoms with Gasteiger partial charge in [0.2, 0.25) is 5.78 Å². The van der Waals surface area contributed by atoms with E-state index in [9.17, 15) is 22.9 Å². The van der Waals surface area contributed by atoms with Crippen molar-refractivity contribution < 1.29 is 22.9 Å². The third-order valence-electron chi connectivity index (χ3n) is 4.02. The van der Waals surface area contributed by atoms with E-state index < -0.39 is 15.0 Å². The largest absolute Gasteiger partial charge is 0.744 e. The normalized spacial score (nSPS) is 14.5. The lowest BCUT2D eigenvalue weighted by atomic mass is 9.91. The molecule has 29 heavy (non-hydrogen) atoms. The Kier molecular flexibility index (Phi) is 6.72. The molecule has 0 heterocycles. The van der Waals surface area contributed by atoms with Crippen LogP contribution in [0, 0.1) is 0 Å². The first-order chi connectivity index (χ1) is 13.5. The molecule has 0 aliphatic heterocycles. The standard InChI is InChI=1S/C19H10Br4O5S/c20-12-5-9(6-13(21)18(12)24)17(10-7-14(22)19(25)15(23)8-10)11-3-1-2-4-16(11)29(26,27)28/h1-8,24H,(H,26,27,28)/p-1. The predicted molar refractivity (Wildman–Crippen MR) is 123 cm³/mol. The van der Waals surface area contributed by atoms with Crippen molar-refractivity contribution in [2.75, 3.05) is 0 Å². The Morgan fingerprint density at radius 1 is 0.931 bits per heavy atom. The Labute approximate surface area is 200 Å². The van der Waals surface area contributed by atoms with Gasteiger partial charge in [0.1, 0.15) is 15.9 Å². The van der Waals surface area contributed by atoms with Crippen LogP contribution in [0.3, 0.4) is 0 Å². The van der Waals surface area contributed by atoms with Gasteiger partial charge in [-0.15, -0.1) is 0 Å². The van der Waals surface area contributed by atoms with E-state index in [1.807, 2.05) is 0 Å². The van der Waals surface area contributed by atoms with Gasteiger partial charge >= 0.3 is 0 Å². The highest BCUT2D eigenvalue weighted by atomic mass is 79.9. The van der Waals surface area contributed by atoms with E-state index in [0.717, 1.165) is 0 Å². The van der Waals surface area contributed by atoms with E-state index >= 15 is 0 Å². The van der Waals surface area contributed by atoms with Crippen LogP contribution in [0.5, 0.6) is 5.75 Å². The van der Waals surface area contributed by atoms with Gasteiger partial charge in [-0.1, -0.05) is 18.2 Å². The second-order valence-electron chi connectivity index (χ2n) is 5.88. The topological polar surface area (TPSA) is 94.5 Å². The van der Waals surface area contributed by atoms with E-state index in [0.29, 0.717) is 25.7 Å². The Hall–Kier alpha value is -1.04. The van der Waals surface area contributed by atoms with Crippen molar-refractivity contribution in [2.45, 2.75) is 4.90 Å². The van der Waals surface area contributed by atoms with Gasteiger partial charge < -0.3 is 9.66 Å². The fourth-order valence-corrected chi connectivity index (χ4v) is 5.84. The van der Waals surface area contributed by atoms with Crippen molar-refractivity contribution in [2.24, 2.45) is 0 Å². The van der Waals surface area contributed by atoms with Crippen molar-refractivity contribution in [1.82, 2.24) is 0 Å². The van der Waals surface area contributed by atoms with E-state index in [-0.39, 0.29) is 26.1 Å². The number of ketones is 1. The van der Waals surface area contributed by atoms with Crippen molar-refractivity contribution in [3.05, 3.63) is 83.2 Å². The van der Waals surface area contributed by atoms with Crippen LogP contribution in [0.1, 0.15) is 11.1 Å². The summed E-state index contributed by atoms with van der Waals surface area (Å²) in [7, 11) is -4.78. The maximum atomic E-state index is 12.1. The van der Waals surface area contributed by atoms with E-state index in [1.54, 1.807) is 30.4 Å². The van der Waals surface area contributed by atoms with Crippen molar-refractivity contribution in [3.8, 4) is 5.75 Å². The van der Waals surface area contributed by atoms with Crippen LogP contribution < -0.4 is 0 Å². The molecule has 0 saturated heterocycles. The molecule has 1 aliphatic carbocycles. The number of aromatic hydroxyl groups is 1. The molecule has 2 aromatic rings. The van der Waals surface area contributed by atoms with Crippen LogP contribution in [0.25, 0.3) is 5.57 Å². The van der Waals surface area contributed by atoms with Gasteiger partial charge in [-0.25, -0.2) is 8.42 Å². The first-order valence-corrected chi connectivity index (χ1v) is 12.4. The molecule has 2 aromatic carbocycles. The van der Waals surface area contributed by atoms with Crippen LogP contribution in [0.2, 0.25) is 0 Å². The number of carbonyl (C=O) groups excluding carboxylic acids is 1. The van der Waals surface area contributed by atoms with Crippen molar-refractivity contribution in [1.29, 1.82) is 0 Å². The highest BCUT2D eigenvalue weighted by molar-refractivity contribution is 9.13. The summed E-state index contributed by atoms with van der Waals surface area (Å²) in [5, 5.41) is 10.1. The molecule has 0 aromatic heterocycles. The average Bonchev–Trinajstić information content (AvgIpc) is 2.64. The number of phenols is 1. The molecular weight excluding hydrogens is 660 g/mol. The zero-order valence-corrected chi connectivity index (χ0v) is 21.3. The summed E-state index contributed by atoms with van der Waals surface area (Å²) in [6.45, 7) is 0. The Morgan fingerprint density at radius 2 is 1.45 bits per heavy atom. The zero-order valence-electron chi connectivity index (χ0n) is 14.1. The number of hydrogen-bond acceptors (Lipinski definition) is 5. The molecular formula is C19H9Br4O5S-. The Morgan fingerprint density at radius 3 is 1.97 bits per heavy atom. The highest BCUT2D eigenvalue weighted by Crippen LogP contribution is 2.41. The molecule has 0 radical (unpaired) electrons. The molecule has 5 nitrogen and oxygen atoms in total. The summed E-state index contributed by atoms with van der Waals surface area (Å²) in [5.41, 5.74) is 1.56. The molecule has 0 bridgehead atoms. The quantitative estimate of drug-likeness (QED) is 0.420. The maximum Gasteiger partial charge on any atom is 0.206 e. The van der Waals surface area contributed by atoms with Crippen LogP contribution in [-0.4, -0.2) is 23.9 Å². The van der Waals surface area contributed by atoms with Gasteiger partial charge in [0.25, 0.3) is 0 Å². The number of allylic oxidation sites excluding steroid dienone is 5. The molecule has 1 N–H and O–H groups in total. The fourth-order valence-electron chi connectivity index (χ4n) is 2.78. The molecule has 0 saturated carbocycles. The van der Waals surface area contributed by atoms with Crippen LogP contribution >= 0.6 is 63.7 Å². The number of carbonyl (C=O) groups is 1. The lowest BCUT2D eigenvalue weighted by Gasteiger charge is -2.20. The molecule has 0 spiro atoms. The van der Waals surface area contributed by atoms with E-state index in [4.69, 9.17) is 0 Å². The Bertz CT molecular complexity index is 1200. The number of hydrogen-bond donors (Lipinski definition) is 1. The van der Waals surface area contributed by atoms with Gasteiger partial charge in [0, 0.05) is 5.56 Å². The minimum atomic E-state index is -4.78. The second-order valence-corrected chi connectivity index (χ2v) is 10.6. The summed E-state index contributed by atoms with van der Waals surface area (Å²) >= 11 is 13.0. The van der Waals surface area contributed by atoms with Crippen molar-refractivity contribution >= 4 is 85.2 Å². The number of phenolic OH excluding ortho intramolecular Hbond substituents is 1. The molecule has 0 fully saturated rings. The highest BCUT2D eigenvalue weighted by Gasteiger charge is 2.23. The van der Waals surface area contributed by atoms with Gasteiger partial charge in [0.15, 0.2) is 0 Å². The first-order valence-electron chi connectivity index (χ1n) is 7.77. The van der Waals surface area contributed by atoms with Gasteiger partial charge in [-0.05, 0) is 111 Å². The van der Waals surface area contributed by atoms with Gasteiger partial charge in [0.05, 0.1) is 22.8 Å². The number of halogens is 4. The molecule has 150 valence electrons. The van der Waals surface area contributed by atoms with Gasteiger partial charge in [-0.3, -0.25) is 4.79 Å². The third-order valence-corrected chi connectivity index (χ3v) is 7.30. The van der Waals surface area contributed by atoms with Crippen LogP contribution in [0.15, 0.2) is 76.9 Å². The number of Topliss-reactive ketones (excluding diaryl/α,β-unsaturated/α-hetero) is 1. The summed E-state index contributed by atoms with van der Waals surface area (Å²) in [6.07, 6.45) is 3.09. The molecule has 0 unspecified atom stereocenters. The minimum Gasteiger partial charge on any atom is -0.744 e. The number of benzene rings is 2. The smallest absolute Gasteiger partial charge is 0.206 e. The van der Waals surface area contributed by atoms with Crippen molar-refractivity contribution in [3.63, 3.8) is 0 Å². The lowest BCUT2D eigenvalue weighted by molar-refractivity contribution is -0.110. The summed E-state index contributed by atoms with van der Waals surface area (Å²) in [6, 6.07) is 9.00. The molecule has 10 heteroatoms. The zero-order chi connectivity index (χ0) is 21.5. The third kappa shape index (κ3) is 4.67. The number of rotatable bonds is 3.